The van der Waals surface area contributed by atoms with Crippen LogP contribution in [-0.4, -0.2) is 30.6 Å². The fourth-order valence-corrected chi connectivity index (χ4v) is 3.96. The normalized spacial score (nSPS) is 12.1. The van der Waals surface area contributed by atoms with Crippen LogP contribution in [0.1, 0.15) is 18.7 Å². The van der Waals surface area contributed by atoms with Gasteiger partial charge in [0.2, 0.25) is 10.0 Å². The lowest BCUT2D eigenvalue weighted by Gasteiger charge is -2.06. The number of hydrogen-bond donors (Lipinski definition) is 2. The predicted octanol–water partition coefficient (Wildman–Crippen LogP) is 1.42. The lowest BCUT2D eigenvalue weighted by molar-refractivity contribution is 0.572. The van der Waals surface area contributed by atoms with E-state index in [1.165, 1.54) is 11.3 Å². The first-order chi connectivity index (χ1) is 9.97. The molecule has 0 amide bonds. The molecule has 0 radical (unpaired) electrons. The van der Waals surface area contributed by atoms with Crippen LogP contribution in [-0.2, 0) is 23.1 Å². The minimum atomic E-state index is -3.43. The molecule has 6 nitrogen and oxygen atoms in total. The van der Waals surface area contributed by atoms with Crippen LogP contribution < -0.4 is 10.0 Å². The van der Waals surface area contributed by atoms with Crippen LogP contribution >= 0.6 is 11.3 Å². The molecule has 2 aromatic rings. The van der Waals surface area contributed by atoms with E-state index < -0.39 is 10.0 Å². The lowest BCUT2D eigenvalue weighted by atomic mass is 10.4. The van der Waals surface area contributed by atoms with Gasteiger partial charge < -0.3 is 9.88 Å². The Bertz CT molecular complexity index is 648. The zero-order valence-corrected chi connectivity index (χ0v) is 13.7. The highest BCUT2D eigenvalue weighted by atomic mass is 32.2. The van der Waals surface area contributed by atoms with Crippen LogP contribution in [0.15, 0.2) is 35.1 Å². The first kappa shape index (κ1) is 16.2. The third-order valence-corrected chi connectivity index (χ3v) is 5.37. The Morgan fingerprint density at radius 1 is 1.43 bits per heavy atom. The largest absolute Gasteiger partial charge is 0.336 e. The van der Waals surface area contributed by atoms with Crippen molar-refractivity contribution in [2.24, 2.45) is 0 Å². The van der Waals surface area contributed by atoms with Crippen molar-refractivity contribution in [2.45, 2.75) is 37.9 Å². The zero-order valence-electron chi connectivity index (χ0n) is 12.1. The molecule has 21 heavy (non-hydrogen) atoms. The predicted molar refractivity (Wildman–Crippen MR) is 83.7 cm³/mol. The van der Waals surface area contributed by atoms with Gasteiger partial charge in [0.05, 0.1) is 11.2 Å². The van der Waals surface area contributed by atoms with Crippen molar-refractivity contribution in [3.8, 4) is 0 Å². The highest BCUT2D eigenvalue weighted by molar-refractivity contribution is 7.89. The molecule has 0 spiro atoms. The molecule has 2 N–H and O–H groups in total. The van der Waals surface area contributed by atoms with E-state index in [2.05, 4.69) is 28.9 Å². The van der Waals surface area contributed by atoms with Crippen molar-refractivity contribution >= 4 is 21.4 Å². The van der Waals surface area contributed by atoms with Crippen LogP contribution in [0, 0.1) is 0 Å². The van der Waals surface area contributed by atoms with Crippen LogP contribution in [0.25, 0.3) is 0 Å². The van der Waals surface area contributed by atoms with Gasteiger partial charge >= 0.3 is 0 Å². The minimum absolute atomic E-state index is 0.332. The Balaban J connectivity index is 1.89. The van der Waals surface area contributed by atoms with Gasteiger partial charge in [0.15, 0.2) is 0 Å². The fourth-order valence-electron chi connectivity index (χ4n) is 1.71. The molecule has 2 heterocycles. The number of thiophene rings is 1. The zero-order chi connectivity index (χ0) is 15.3. The average Bonchev–Trinajstić information content (AvgIpc) is 3.07. The van der Waals surface area contributed by atoms with E-state index in [-0.39, 0.29) is 0 Å². The maximum atomic E-state index is 12.2. The third kappa shape index (κ3) is 4.92. The SMILES string of the molecule is CC(C)NCc1cc(S(=O)(=O)NCCn2ccnc2)cs1. The molecule has 116 valence electrons. The highest BCUT2D eigenvalue weighted by Gasteiger charge is 2.15. The van der Waals surface area contributed by atoms with E-state index in [0.29, 0.717) is 30.6 Å². The van der Waals surface area contributed by atoms with E-state index >= 15 is 0 Å². The summed E-state index contributed by atoms with van der Waals surface area (Å²) in [5.41, 5.74) is 0. The van der Waals surface area contributed by atoms with E-state index in [9.17, 15) is 8.42 Å². The van der Waals surface area contributed by atoms with Gasteiger partial charge in [0, 0.05) is 48.3 Å². The van der Waals surface area contributed by atoms with Crippen molar-refractivity contribution in [1.82, 2.24) is 19.6 Å². The number of nitrogens with zero attached hydrogens (tertiary/aromatic N) is 2. The monoisotopic (exact) mass is 328 g/mol. The summed E-state index contributed by atoms with van der Waals surface area (Å²) in [6, 6.07) is 2.10. The van der Waals surface area contributed by atoms with Gasteiger partial charge in [0.25, 0.3) is 0 Å². The molecule has 0 unspecified atom stereocenters. The second-order valence-corrected chi connectivity index (χ2v) is 7.75. The molecule has 0 atom stereocenters. The van der Waals surface area contributed by atoms with Crippen molar-refractivity contribution in [2.75, 3.05) is 6.54 Å². The van der Waals surface area contributed by atoms with Crippen LogP contribution in [0.3, 0.4) is 0 Å². The molecule has 2 rings (SSSR count). The Labute approximate surface area is 129 Å². The summed E-state index contributed by atoms with van der Waals surface area (Å²) in [5, 5.41) is 4.95. The maximum absolute atomic E-state index is 12.2. The number of hydrogen-bond acceptors (Lipinski definition) is 5. The van der Waals surface area contributed by atoms with Crippen molar-refractivity contribution in [3.05, 3.63) is 35.0 Å². The molecule has 0 aliphatic carbocycles. The molecule has 8 heteroatoms. The number of nitrogens with one attached hydrogen (secondary N) is 2. The van der Waals surface area contributed by atoms with Gasteiger partial charge in [0.1, 0.15) is 0 Å². The smallest absolute Gasteiger partial charge is 0.241 e. The fraction of sp³-hybridized carbons (Fsp3) is 0.462. The lowest BCUT2D eigenvalue weighted by Crippen LogP contribution is -2.27. The first-order valence-electron chi connectivity index (χ1n) is 6.73. The van der Waals surface area contributed by atoms with Gasteiger partial charge in [-0.05, 0) is 6.07 Å². The van der Waals surface area contributed by atoms with Gasteiger partial charge in [-0.3, -0.25) is 0 Å². The van der Waals surface area contributed by atoms with Crippen molar-refractivity contribution in [3.63, 3.8) is 0 Å². The van der Waals surface area contributed by atoms with Crippen LogP contribution in [0.2, 0.25) is 0 Å². The summed E-state index contributed by atoms with van der Waals surface area (Å²) < 4.78 is 28.8. The van der Waals surface area contributed by atoms with Gasteiger partial charge in [-0.1, -0.05) is 13.8 Å². The quantitative estimate of drug-likeness (QED) is 0.768. The molecular weight excluding hydrogens is 308 g/mol. The molecule has 0 saturated carbocycles. The van der Waals surface area contributed by atoms with Gasteiger partial charge in [-0.2, -0.15) is 0 Å². The summed E-state index contributed by atoms with van der Waals surface area (Å²) in [6.07, 6.45) is 5.13. The number of aromatic nitrogens is 2. The minimum Gasteiger partial charge on any atom is -0.336 e. The highest BCUT2D eigenvalue weighted by Crippen LogP contribution is 2.19. The first-order valence-corrected chi connectivity index (χ1v) is 9.10. The van der Waals surface area contributed by atoms with Crippen molar-refractivity contribution < 1.29 is 8.42 Å². The summed E-state index contributed by atoms with van der Waals surface area (Å²) in [7, 11) is -3.43. The second-order valence-electron chi connectivity index (χ2n) is 4.98. The van der Waals surface area contributed by atoms with Crippen molar-refractivity contribution in [1.29, 1.82) is 0 Å². The summed E-state index contributed by atoms with van der Waals surface area (Å²) >= 11 is 1.45. The second kappa shape index (κ2) is 7.17. The Morgan fingerprint density at radius 2 is 2.24 bits per heavy atom. The number of sulfonamides is 1. The number of rotatable bonds is 8. The molecule has 2 aromatic heterocycles. The third-order valence-electron chi connectivity index (χ3n) is 2.85. The number of imidazole rings is 1. The summed E-state index contributed by atoms with van der Waals surface area (Å²) in [4.78, 5) is 5.26. The molecule has 0 aliphatic rings. The van der Waals surface area contributed by atoms with Gasteiger partial charge in [-0.15, -0.1) is 11.3 Å². The van der Waals surface area contributed by atoms with E-state index in [4.69, 9.17) is 0 Å². The van der Waals surface area contributed by atoms with Crippen LogP contribution in [0.5, 0.6) is 0 Å². The van der Waals surface area contributed by atoms with E-state index in [1.54, 1.807) is 30.2 Å². The molecule has 0 aliphatic heterocycles. The average molecular weight is 328 g/mol. The van der Waals surface area contributed by atoms with Crippen LogP contribution in [0.4, 0.5) is 0 Å². The molecule has 0 saturated heterocycles. The van der Waals surface area contributed by atoms with E-state index in [1.807, 2.05) is 4.57 Å². The summed E-state index contributed by atoms with van der Waals surface area (Å²) in [5.74, 6) is 0. The van der Waals surface area contributed by atoms with E-state index in [0.717, 1.165) is 4.88 Å². The standard InChI is InChI=1S/C13H20N4O2S2/c1-11(2)15-8-12-7-13(9-20-12)21(18,19)16-4-6-17-5-3-14-10-17/h3,5,7,9-11,15-16H,4,6,8H2,1-2H3. The molecule has 0 aromatic carbocycles. The Hall–Kier alpha value is -1.22. The Morgan fingerprint density at radius 3 is 2.90 bits per heavy atom. The topological polar surface area (TPSA) is 76.0 Å². The maximum Gasteiger partial charge on any atom is 0.241 e. The molecule has 0 fully saturated rings. The molecule has 0 bridgehead atoms. The molecular formula is C13H20N4O2S2. The Kier molecular flexibility index (Phi) is 5.51. The van der Waals surface area contributed by atoms with Gasteiger partial charge in [-0.25, -0.2) is 18.1 Å². The summed E-state index contributed by atoms with van der Waals surface area (Å²) in [6.45, 7) is 5.71.